The Morgan fingerprint density at radius 2 is 2.20 bits per heavy atom. The summed E-state index contributed by atoms with van der Waals surface area (Å²) in [6, 6.07) is 0. The number of nitrogens with one attached hydrogen (secondary N) is 1. The van der Waals surface area contributed by atoms with E-state index in [4.69, 9.17) is 0 Å². The van der Waals surface area contributed by atoms with Crippen LogP contribution in [-0.2, 0) is 0 Å². The molecule has 1 N–H and O–H groups in total. The van der Waals surface area contributed by atoms with Crippen molar-refractivity contribution in [1.82, 2.24) is 10.2 Å². The molecule has 3 nitrogen and oxygen atoms in total. The van der Waals surface area contributed by atoms with Crippen LogP contribution in [0.15, 0.2) is 4.99 Å². The first-order chi connectivity index (χ1) is 6.49. The number of likely N-dealkylation sites (N-methyl/N-ethyl adjacent to an activating group) is 1. The van der Waals surface area contributed by atoms with Gasteiger partial charge in [-0.3, -0.25) is 4.99 Å². The van der Waals surface area contributed by atoms with Crippen molar-refractivity contribution in [2.75, 3.05) is 32.4 Å². The molecule has 1 rings (SSSR count). The predicted octanol–water partition coefficient (Wildman–Crippen LogP) is 1.75. The van der Waals surface area contributed by atoms with Crippen LogP contribution in [0.4, 0.5) is 13.2 Å². The first-order valence-corrected chi connectivity index (χ1v) is 5.18. The summed E-state index contributed by atoms with van der Waals surface area (Å²) in [4.78, 5) is 5.98. The summed E-state index contributed by atoms with van der Waals surface area (Å²) in [5.74, 6) is 0.698. The first kappa shape index (κ1) is 15.1. The van der Waals surface area contributed by atoms with E-state index in [1.54, 1.807) is 0 Å². The van der Waals surface area contributed by atoms with Crippen molar-refractivity contribution in [2.24, 2.45) is 4.99 Å². The molecule has 0 radical (unpaired) electrons. The molecule has 0 aromatic carbocycles. The largest absolute Gasteiger partial charge is 0.441 e. The molecule has 0 atom stereocenters. The van der Waals surface area contributed by atoms with E-state index in [0.717, 1.165) is 6.54 Å². The van der Waals surface area contributed by atoms with Crippen LogP contribution in [0, 0.1) is 0 Å². The maximum Gasteiger partial charge on any atom is 0.441 e. The summed E-state index contributed by atoms with van der Waals surface area (Å²) in [5, 5.41) is 2.86. The van der Waals surface area contributed by atoms with Gasteiger partial charge in [0.2, 0.25) is 0 Å². The molecule has 0 aromatic rings. The highest BCUT2D eigenvalue weighted by molar-refractivity contribution is 14.0. The molecular formula is C7H13F3IN3S. The van der Waals surface area contributed by atoms with Crippen molar-refractivity contribution < 1.29 is 13.2 Å². The van der Waals surface area contributed by atoms with E-state index in [1.165, 1.54) is 0 Å². The second-order valence-corrected chi connectivity index (χ2v) is 4.01. The zero-order valence-electron chi connectivity index (χ0n) is 8.17. The van der Waals surface area contributed by atoms with E-state index >= 15 is 0 Å². The fourth-order valence-corrected chi connectivity index (χ4v) is 1.49. The van der Waals surface area contributed by atoms with Gasteiger partial charge in [0.25, 0.3) is 0 Å². The molecule has 0 aliphatic carbocycles. The molecule has 0 saturated carbocycles. The predicted molar refractivity (Wildman–Crippen MR) is 66.9 cm³/mol. The number of nitrogens with zero attached hydrogens (tertiary/aromatic N) is 2. The highest BCUT2D eigenvalue weighted by atomic mass is 127. The van der Waals surface area contributed by atoms with Gasteiger partial charge in [0.15, 0.2) is 5.96 Å². The third-order valence-electron chi connectivity index (χ3n) is 1.71. The van der Waals surface area contributed by atoms with Crippen LogP contribution >= 0.6 is 35.7 Å². The molecule has 1 heterocycles. The third-order valence-corrected chi connectivity index (χ3v) is 2.45. The second-order valence-electron chi connectivity index (χ2n) is 2.85. The topological polar surface area (TPSA) is 27.6 Å². The van der Waals surface area contributed by atoms with Gasteiger partial charge in [0.05, 0.1) is 6.54 Å². The molecule has 0 spiro atoms. The smallest absolute Gasteiger partial charge is 0.355 e. The average molecular weight is 355 g/mol. The van der Waals surface area contributed by atoms with Gasteiger partial charge in [-0.05, 0) is 11.8 Å². The van der Waals surface area contributed by atoms with Gasteiger partial charge < -0.3 is 10.2 Å². The number of aliphatic imine (C=N–C) groups is 1. The van der Waals surface area contributed by atoms with E-state index in [2.05, 4.69) is 10.3 Å². The van der Waals surface area contributed by atoms with Gasteiger partial charge in [-0.15, -0.1) is 24.0 Å². The Morgan fingerprint density at radius 3 is 2.67 bits per heavy atom. The lowest BCUT2D eigenvalue weighted by molar-refractivity contribution is -0.0327. The third kappa shape index (κ3) is 6.33. The average Bonchev–Trinajstić information content (AvgIpc) is 2.44. The lowest BCUT2D eigenvalue weighted by Gasteiger charge is -2.15. The summed E-state index contributed by atoms with van der Waals surface area (Å²) in [5.41, 5.74) is -4.13. The van der Waals surface area contributed by atoms with E-state index in [0.29, 0.717) is 12.5 Å². The molecule has 8 heteroatoms. The Morgan fingerprint density at radius 1 is 1.53 bits per heavy atom. The summed E-state index contributed by atoms with van der Waals surface area (Å²) in [6.07, 6.45) is 0. The summed E-state index contributed by atoms with van der Waals surface area (Å²) in [6.45, 7) is 1.83. The number of halogens is 4. The SMILES string of the molecule is CN1CCN=C1NCCSC(F)(F)F.I. The van der Waals surface area contributed by atoms with Crippen LogP contribution in [0.3, 0.4) is 0 Å². The molecule has 0 bridgehead atoms. The van der Waals surface area contributed by atoms with E-state index < -0.39 is 5.51 Å². The number of hydrogen-bond acceptors (Lipinski definition) is 4. The maximum absolute atomic E-state index is 11.7. The normalized spacial score (nSPS) is 16.0. The van der Waals surface area contributed by atoms with Gasteiger partial charge in [-0.1, -0.05) is 0 Å². The standard InChI is InChI=1S/C7H12F3N3S.HI/c1-13-4-2-11-6(13)12-3-5-14-7(8,9)10;/h2-5H2,1H3,(H,11,12);1H. The van der Waals surface area contributed by atoms with Gasteiger partial charge in [0.1, 0.15) is 0 Å². The van der Waals surface area contributed by atoms with Crippen molar-refractivity contribution in [3.8, 4) is 0 Å². The summed E-state index contributed by atoms with van der Waals surface area (Å²) >= 11 is -0.0179. The fourth-order valence-electron chi connectivity index (χ4n) is 1.05. The van der Waals surface area contributed by atoms with Crippen LogP contribution in [0.5, 0.6) is 0 Å². The van der Waals surface area contributed by atoms with Crippen LogP contribution in [0.25, 0.3) is 0 Å². The number of hydrogen-bond donors (Lipinski definition) is 1. The first-order valence-electron chi connectivity index (χ1n) is 4.19. The molecule has 90 valence electrons. The minimum Gasteiger partial charge on any atom is -0.355 e. The van der Waals surface area contributed by atoms with Crippen molar-refractivity contribution in [3.63, 3.8) is 0 Å². The quantitative estimate of drug-likeness (QED) is 0.618. The van der Waals surface area contributed by atoms with E-state index in [-0.39, 0.29) is 48.0 Å². The second kappa shape index (κ2) is 6.66. The molecular weight excluding hydrogens is 342 g/mol. The lowest BCUT2D eigenvalue weighted by atomic mass is 10.6. The number of rotatable bonds is 3. The highest BCUT2D eigenvalue weighted by Crippen LogP contribution is 2.29. The van der Waals surface area contributed by atoms with Crippen molar-refractivity contribution >= 4 is 41.7 Å². The molecule has 0 fully saturated rings. The monoisotopic (exact) mass is 355 g/mol. The maximum atomic E-state index is 11.7. The zero-order chi connectivity index (χ0) is 10.6. The molecule has 0 saturated heterocycles. The number of thioether (sulfide) groups is 1. The van der Waals surface area contributed by atoms with E-state index in [9.17, 15) is 13.2 Å². The summed E-state index contributed by atoms with van der Waals surface area (Å²) in [7, 11) is 1.86. The van der Waals surface area contributed by atoms with Crippen LogP contribution in [0.2, 0.25) is 0 Å². The number of guanidine groups is 1. The molecule has 1 aliphatic rings. The van der Waals surface area contributed by atoms with Gasteiger partial charge >= 0.3 is 5.51 Å². The molecule has 0 amide bonds. The van der Waals surface area contributed by atoms with Gasteiger partial charge in [-0.2, -0.15) is 13.2 Å². The molecule has 15 heavy (non-hydrogen) atoms. The van der Waals surface area contributed by atoms with E-state index in [1.807, 2.05) is 11.9 Å². The minimum absolute atomic E-state index is 0. The van der Waals surface area contributed by atoms with Crippen molar-refractivity contribution in [1.29, 1.82) is 0 Å². The molecule has 0 unspecified atom stereocenters. The number of alkyl halides is 3. The fraction of sp³-hybridized carbons (Fsp3) is 0.857. The minimum atomic E-state index is -4.13. The Balaban J connectivity index is 0.00000196. The van der Waals surface area contributed by atoms with Crippen LogP contribution in [-0.4, -0.2) is 48.8 Å². The Kier molecular flexibility index (Phi) is 6.73. The van der Waals surface area contributed by atoms with Crippen molar-refractivity contribution in [3.05, 3.63) is 0 Å². The Bertz CT molecular complexity index is 222. The Labute approximate surface area is 108 Å². The van der Waals surface area contributed by atoms with Crippen LogP contribution in [0.1, 0.15) is 0 Å². The molecule has 0 aromatic heterocycles. The van der Waals surface area contributed by atoms with Crippen LogP contribution < -0.4 is 5.32 Å². The zero-order valence-corrected chi connectivity index (χ0v) is 11.3. The van der Waals surface area contributed by atoms with Crippen molar-refractivity contribution in [2.45, 2.75) is 5.51 Å². The highest BCUT2D eigenvalue weighted by Gasteiger charge is 2.27. The van der Waals surface area contributed by atoms with Gasteiger partial charge in [-0.25, -0.2) is 0 Å². The molecule has 1 aliphatic heterocycles. The van der Waals surface area contributed by atoms with Gasteiger partial charge in [0, 0.05) is 25.9 Å². The summed E-state index contributed by atoms with van der Waals surface area (Å²) < 4.78 is 35.2. The Hall–Kier alpha value is 0.140. The lowest BCUT2D eigenvalue weighted by Crippen LogP contribution is -2.36.